The van der Waals surface area contributed by atoms with E-state index in [1.165, 1.54) is 12.4 Å². The van der Waals surface area contributed by atoms with Gasteiger partial charge in [-0.1, -0.05) is 0 Å². The van der Waals surface area contributed by atoms with Gasteiger partial charge in [0.1, 0.15) is 17.3 Å². The van der Waals surface area contributed by atoms with Crippen LogP contribution in [0.1, 0.15) is 25.1 Å². The molecule has 42 heavy (non-hydrogen) atoms. The molecule has 1 aliphatic rings. The highest BCUT2D eigenvalue weighted by molar-refractivity contribution is 5.92. The van der Waals surface area contributed by atoms with Gasteiger partial charge in [-0.25, -0.2) is 9.97 Å². The first kappa shape index (κ1) is 26.9. The van der Waals surface area contributed by atoms with E-state index >= 15 is 0 Å². The predicted molar refractivity (Wildman–Crippen MR) is 161 cm³/mol. The van der Waals surface area contributed by atoms with Crippen LogP contribution in [0.15, 0.2) is 49.1 Å². The van der Waals surface area contributed by atoms with Crippen molar-refractivity contribution in [3.63, 3.8) is 0 Å². The number of hydrogen-bond acceptors (Lipinski definition) is 11. The highest BCUT2D eigenvalue weighted by Crippen LogP contribution is 2.44. The molecule has 0 radical (unpaired) electrons. The number of hydrogen-bond donors (Lipinski definition) is 2. The van der Waals surface area contributed by atoms with Crippen molar-refractivity contribution in [3.8, 4) is 16.9 Å². The summed E-state index contributed by atoms with van der Waals surface area (Å²) in [6.07, 6.45) is 7.35. The Kier molecular flexibility index (Phi) is 6.77. The average molecular weight is 567 g/mol. The summed E-state index contributed by atoms with van der Waals surface area (Å²) in [7, 11) is 3.59. The minimum Gasteiger partial charge on any atom is -0.494 e. The maximum absolute atomic E-state index is 12.0. The number of fused-ring (bicyclic) bond motifs is 4. The molecule has 6 rings (SSSR count). The van der Waals surface area contributed by atoms with Gasteiger partial charge < -0.3 is 20.3 Å². The number of aryl methyl sites for hydroxylation is 2. The molecule has 1 aliphatic heterocycles. The van der Waals surface area contributed by atoms with E-state index in [9.17, 15) is 10.1 Å². The molecule has 13 nitrogen and oxygen atoms in total. The quantitative estimate of drug-likeness (QED) is 0.195. The topological polar surface area (TPSA) is 149 Å². The first-order chi connectivity index (χ1) is 20.2. The highest BCUT2D eigenvalue weighted by atomic mass is 16.6. The number of methoxy groups -OCH3 is 1. The van der Waals surface area contributed by atoms with E-state index in [0.29, 0.717) is 34.3 Å². The Morgan fingerprint density at radius 1 is 1.05 bits per heavy atom. The Balaban J connectivity index is 1.40. The Bertz CT molecular complexity index is 1830. The number of nitro benzene ring substituents is 1. The molecule has 4 heterocycles. The van der Waals surface area contributed by atoms with Gasteiger partial charge in [0, 0.05) is 78.8 Å². The summed E-state index contributed by atoms with van der Waals surface area (Å²) in [5.74, 6) is 1.34. The molecule has 2 N–H and O–H groups in total. The lowest BCUT2D eigenvalue weighted by Crippen LogP contribution is -2.32. The van der Waals surface area contributed by atoms with Crippen LogP contribution in [0, 0.1) is 17.0 Å². The molecule has 0 atom stereocenters. The molecule has 0 amide bonds. The Labute approximate surface area is 241 Å². The van der Waals surface area contributed by atoms with Crippen LogP contribution < -0.4 is 20.3 Å². The molecular weight excluding hydrogens is 536 g/mol. The van der Waals surface area contributed by atoms with Gasteiger partial charge in [-0.05, 0) is 39.0 Å². The first-order valence-corrected chi connectivity index (χ1v) is 13.5. The molecule has 13 heteroatoms. The van der Waals surface area contributed by atoms with Crippen molar-refractivity contribution in [1.29, 1.82) is 0 Å². The zero-order valence-electron chi connectivity index (χ0n) is 23.9. The number of aromatic nitrogens is 6. The van der Waals surface area contributed by atoms with Crippen LogP contribution in [0.3, 0.4) is 0 Å². The van der Waals surface area contributed by atoms with E-state index in [1.54, 1.807) is 25.4 Å². The molecular formula is C29H30N10O3. The molecule has 2 aromatic carbocycles. The smallest absolute Gasteiger partial charge is 0.320 e. The lowest BCUT2D eigenvalue weighted by Gasteiger charge is -2.30. The third kappa shape index (κ3) is 4.68. The number of benzene rings is 2. The SMILES string of the molecule is COc1cc2c(cc1Nc1ncc(C)c(Nc3ccc4nccnc4c3[N+](=O)[O-])n1)-c1cnn(C)c1CCN2C(C)C. The van der Waals surface area contributed by atoms with Crippen molar-refractivity contribution in [3.05, 3.63) is 70.4 Å². The van der Waals surface area contributed by atoms with Crippen molar-refractivity contribution in [2.75, 3.05) is 29.2 Å². The fourth-order valence-electron chi connectivity index (χ4n) is 5.34. The number of anilines is 5. The van der Waals surface area contributed by atoms with Gasteiger partial charge in [0.2, 0.25) is 5.95 Å². The number of nitrogens with one attached hydrogen (secondary N) is 2. The molecule has 0 saturated heterocycles. The second kappa shape index (κ2) is 10.6. The van der Waals surface area contributed by atoms with Crippen LogP contribution in [0.4, 0.5) is 34.5 Å². The highest BCUT2D eigenvalue weighted by Gasteiger charge is 2.27. The molecule has 0 fully saturated rings. The number of nitro groups is 1. The number of ether oxygens (including phenoxy) is 1. The summed E-state index contributed by atoms with van der Waals surface area (Å²) in [4.78, 5) is 31.4. The van der Waals surface area contributed by atoms with Crippen LogP contribution in [-0.4, -0.2) is 54.3 Å². The van der Waals surface area contributed by atoms with Crippen molar-refractivity contribution >= 4 is 45.5 Å². The molecule has 0 spiro atoms. The third-order valence-corrected chi connectivity index (χ3v) is 7.46. The standard InChI is InChI=1S/C29H30N10O3/c1-16(2)38-11-8-23-19(15-33-37(23)4)18-12-22(25(42-5)13-24(18)38)35-29-32-14-17(3)28(36-29)34-21-7-6-20-26(27(21)39(40)41)31-10-9-30-20/h6-7,9-10,12-16H,8,11H2,1-5H3,(H2,32,34,35,36). The Hall–Kier alpha value is -5.33. The van der Waals surface area contributed by atoms with Gasteiger partial charge in [-0.3, -0.25) is 19.8 Å². The molecule has 0 unspecified atom stereocenters. The van der Waals surface area contributed by atoms with Crippen molar-refractivity contribution < 1.29 is 9.66 Å². The summed E-state index contributed by atoms with van der Waals surface area (Å²) >= 11 is 0. The second-order valence-corrected chi connectivity index (χ2v) is 10.4. The van der Waals surface area contributed by atoms with Crippen molar-refractivity contribution in [2.24, 2.45) is 7.05 Å². The van der Waals surface area contributed by atoms with E-state index in [4.69, 9.17) is 4.74 Å². The number of nitrogens with zero attached hydrogens (tertiary/aromatic N) is 8. The zero-order valence-corrected chi connectivity index (χ0v) is 23.9. The molecule has 0 bridgehead atoms. The van der Waals surface area contributed by atoms with Crippen LogP contribution in [0.2, 0.25) is 0 Å². The molecule has 214 valence electrons. The van der Waals surface area contributed by atoms with Crippen molar-refractivity contribution in [2.45, 2.75) is 33.2 Å². The van der Waals surface area contributed by atoms with Gasteiger partial charge in [-0.2, -0.15) is 10.1 Å². The Morgan fingerprint density at radius 2 is 1.86 bits per heavy atom. The van der Waals surface area contributed by atoms with Crippen LogP contribution in [0.5, 0.6) is 5.75 Å². The predicted octanol–water partition coefficient (Wildman–Crippen LogP) is 5.30. The maximum atomic E-state index is 12.0. The average Bonchev–Trinajstić information content (AvgIpc) is 3.25. The minimum absolute atomic E-state index is 0.178. The second-order valence-electron chi connectivity index (χ2n) is 10.4. The van der Waals surface area contributed by atoms with Crippen LogP contribution in [-0.2, 0) is 13.5 Å². The fraction of sp³-hybridized carbons (Fsp3) is 0.276. The van der Waals surface area contributed by atoms with Gasteiger partial charge in [0.15, 0.2) is 5.52 Å². The Morgan fingerprint density at radius 3 is 2.62 bits per heavy atom. The van der Waals surface area contributed by atoms with E-state index < -0.39 is 4.92 Å². The lowest BCUT2D eigenvalue weighted by molar-refractivity contribution is -0.382. The van der Waals surface area contributed by atoms with Gasteiger partial charge in [0.05, 0.1) is 29.4 Å². The monoisotopic (exact) mass is 566 g/mol. The van der Waals surface area contributed by atoms with Gasteiger partial charge in [0.25, 0.3) is 0 Å². The summed E-state index contributed by atoms with van der Waals surface area (Å²) < 4.78 is 7.74. The molecule has 5 aromatic rings. The first-order valence-electron chi connectivity index (χ1n) is 13.5. The normalized spacial score (nSPS) is 12.6. The van der Waals surface area contributed by atoms with Gasteiger partial charge in [-0.15, -0.1) is 0 Å². The van der Waals surface area contributed by atoms with Crippen LogP contribution >= 0.6 is 0 Å². The van der Waals surface area contributed by atoms with E-state index in [0.717, 1.165) is 35.5 Å². The largest absolute Gasteiger partial charge is 0.494 e. The minimum atomic E-state index is -0.470. The molecule has 0 saturated carbocycles. The fourth-order valence-corrected chi connectivity index (χ4v) is 5.34. The maximum Gasteiger partial charge on any atom is 0.320 e. The summed E-state index contributed by atoms with van der Waals surface area (Å²) in [6, 6.07) is 7.64. The third-order valence-electron chi connectivity index (χ3n) is 7.46. The molecule has 3 aromatic heterocycles. The summed E-state index contributed by atoms with van der Waals surface area (Å²) in [5, 5.41) is 23.0. The number of rotatable bonds is 7. The lowest BCUT2D eigenvalue weighted by atomic mass is 10.0. The molecule has 0 aliphatic carbocycles. The van der Waals surface area contributed by atoms with E-state index in [2.05, 4.69) is 54.4 Å². The van der Waals surface area contributed by atoms with Crippen LogP contribution in [0.25, 0.3) is 22.2 Å². The van der Waals surface area contributed by atoms with Crippen molar-refractivity contribution in [1.82, 2.24) is 29.7 Å². The zero-order chi connectivity index (χ0) is 29.5. The van der Waals surface area contributed by atoms with E-state index in [-0.39, 0.29) is 22.9 Å². The summed E-state index contributed by atoms with van der Waals surface area (Å²) in [5.41, 5.74) is 6.41. The summed E-state index contributed by atoms with van der Waals surface area (Å²) in [6.45, 7) is 7.04. The van der Waals surface area contributed by atoms with E-state index in [1.807, 2.05) is 37.0 Å². The van der Waals surface area contributed by atoms with Gasteiger partial charge >= 0.3 is 5.69 Å².